The van der Waals surface area contributed by atoms with E-state index in [9.17, 15) is 4.57 Å². The molecule has 5 heteroatoms. The number of rotatable bonds is 9. The van der Waals surface area contributed by atoms with Crippen LogP contribution in [0.25, 0.3) is 0 Å². The van der Waals surface area contributed by atoms with Gasteiger partial charge in [0.1, 0.15) is 0 Å². The lowest BCUT2D eigenvalue weighted by molar-refractivity contribution is -0.0348. The normalized spacial score (nSPS) is 36.3. The van der Waals surface area contributed by atoms with Crippen LogP contribution in [-0.2, 0) is 9.09 Å². The van der Waals surface area contributed by atoms with Gasteiger partial charge in [-0.25, -0.2) is 4.57 Å². The molecule has 0 amide bonds. The molecule has 1 unspecified atom stereocenters. The molecule has 0 saturated heterocycles. The molecule has 5 atom stereocenters. The highest BCUT2D eigenvalue weighted by molar-refractivity contribution is 7.46. The smallest absolute Gasteiger partial charge is 0.303 e. The Labute approximate surface area is 160 Å². The molecule has 2 aliphatic carbocycles. The summed E-state index contributed by atoms with van der Waals surface area (Å²) < 4.78 is 15.8. The zero-order valence-corrected chi connectivity index (χ0v) is 18.4. The molecular formula is C21H41O4P. The second kappa shape index (κ2) is 8.64. The maximum Gasteiger partial charge on any atom is 0.469 e. The van der Waals surface area contributed by atoms with E-state index in [0.717, 1.165) is 30.6 Å². The van der Waals surface area contributed by atoms with Gasteiger partial charge >= 0.3 is 7.82 Å². The van der Waals surface area contributed by atoms with E-state index >= 15 is 0 Å². The summed E-state index contributed by atoms with van der Waals surface area (Å²) in [4.78, 5) is 18.0. The molecule has 0 aromatic carbocycles. The zero-order valence-electron chi connectivity index (χ0n) is 17.5. The largest absolute Gasteiger partial charge is 0.469 e. The summed E-state index contributed by atoms with van der Waals surface area (Å²) in [5, 5.41) is 0. The van der Waals surface area contributed by atoms with E-state index in [0.29, 0.717) is 11.3 Å². The third kappa shape index (κ3) is 5.34. The molecular weight excluding hydrogens is 347 g/mol. The molecule has 2 aliphatic rings. The first-order chi connectivity index (χ1) is 12.0. The van der Waals surface area contributed by atoms with E-state index in [-0.39, 0.29) is 12.0 Å². The van der Waals surface area contributed by atoms with Crippen LogP contribution < -0.4 is 0 Å². The standard InChI is InChI=1S/C21H41O4P/c1-16(2)8-6-9-17(3)18-10-11-19-20(4,12-7-13-21(18,19)5)14-15-25-26(22,23)24/h16-19H,6-15H2,1-5H3,(H2,22,23,24)/t17-,18-,19?,20-,21-/m1/s1. The van der Waals surface area contributed by atoms with Crippen molar-refractivity contribution in [1.82, 2.24) is 0 Å². The minimum atomic E-state index is -4.36. The van der Waals surface area contributed by atoms with Crippen LogP contribution in [-0.4, -0.2) is 16.4 Å². The van der Waals surface area contributed by atoms with Crippen molar-refractivity contribution in [3.05, 3.63) is 0 Å². The fourth-order valence-corrected chi connectivity index (χ4v) is 6.83. The van der Waals surface area contributed by atoms with Crippen molar-refractivity contribution >= 4 is 7.82 Å². The van der Waals surface area contributed by atoms with Crippen molar-refractivity contribution in [2.45, 2.75) is 92.4 Å². The molecule has 26 heavy (non-hydrogen) atoms. The zero-order chi connectivity index (χ0) is 19.6. The van der Waals surface area contributed by atoms with E-state index in [2.05, 4.69) is 34.6 Å². The van der Waals surface area contributed by atoms with Gasteiger partial charge in [-0.3, -0.25) is 4.52 Å². The van der Waals surface area contributed by atoms with Gasteiger partial charge in [0.05, 0.1) is 6.61 Å². The van der Waals surface area contributed by atoms with Crippen LogP contribution in [0.5, 0.6) is 0 Å². The van der Waals surface area contributed by atoms with E-state index in [4.69, 9.17) is 14.3 Å². The molecule has 2 N–H and O–H groups in total. The van der Waals surface area contributed by atoms with Gasteiger partial charge in [0.25, 0.3) is 0 Å². The molecule has 0 bridgehead atoms. The fraction of sp³-hybridized carbons (Fsp3) is 1.00. The topological polar surface area (TPSA) is 66.8 Å². The highest BCUT2D eigenvalue weighted by Gasteiger charge is 2.56. The lowest BCUT2D eigenvalue weighted by Gasteiger charge is -2.52. The molecule has 0 aliphatic heterocycles. The fourth-order valence-electron chi connectivity index (χ4n) is 6.50. The predicted octanol–water partition coefficient (Wildman–Crippen LogP) is 6.17. The maximum absolute atomic E-state index is 11.0. The van der Waals surface area contributed by atoms with Crippen molar-refractivity contribution in [1.29, 1.82) is 0 Å². The maximum atomic E-state index is 11.0. The van der Waals surface area contributed by atoms with Gasteiger partial charge in [0.2, 0.25) is 0 Å². The molecule has 0 radical (unpaired) electrons. The molecule has 0 aromatic rings. The molecule has 0 aromatic heterocycles. The predicted molar refractivity (Wildman–Crippen MR) is 107 cm³/mol. The number of hydrogen-bond acceptors (Lipinski definition) is 2. The average Bonchev–Trinajstić information content (AvgIpc) is 2.84. The third-order valence-corrected chi connectivity index (χ3v) is 8.29. The molecule has 2 fully saturated rings. The summed E-state index contributed by atoms with van der Waals surface area (Å²) in [6.45, 7) is 12.1. The summed E-state index contributed by atoms with van der Waals surface area (Å²) in [6, 6.07) is 0. The second-order valence-electron chi connectivity index (χ2n) is 10.1. The Bertz CT molecular complexity index is 502. The van der Waals surface area contributed by atoms with Crippen LogP contribution in [0.2, 0.25) is 0 Å². The van der Waals surface area contributed by atoms with Crippen LogP contribution in [0.15, 0.2) is 0 Å². The number of fused-ring (bicyclic) bond motifs is 1. The summed E-state index contributed by atoms with van der Waals surface area (Å²) >= 11 is 0. The highest BCUT2D eigenvalue weighted by atomic mass is 31.2. The Hall–Kier alpha value is 0.110. The Balaban J connectivity index is 2.01. The Morgan fingerprint density at radius 1 is 1.12 bits per heavy atom. The minimum Gasteiger partial charge on any atom is -0.303 e. The highest BCUT2D eigenvalue weighted by Crippen LogP contribution is 2.64. The van der Waals surface area contributed by atoms with E-state index in [1.54, 1.807) is 0 Å². The minimum absolute atomic E-state index is 0.147. The molecule has 154 valence electrons. The average molecular weight is 389 g/mol. The van der Waals surface area contributed by atoms with Gasteiger partial charge in [-0.05, 0) is 66.6 Å². The van der Waals surface area contributed by atoms with Gasteiger partial charge in [-0.15, -0.1) is 0 Å². The summed E-state index contributed by atoms with van der Waals surface area (Å²) in [6.07, 6.45) is 11.0. The molecule has 2 rings (SSSR count). The summed E-state index contributed by atoms with van der Waals surface area (Å²) in [5.74, 6) is 3.02. The van der Waals surface area contributed by atoms with E-state index in [1.807, 2.05) is 0 Å². The third-order valence-electron chi connectivity index (χ3n) is 7.77. The molecule has 2 saturated carbocycles. The van der Waals surface area contributed by atoms with Crippen molar-refractivity contribution in [2.24, 2.45) is 34.5 Å². The monoisotopic (exact) mass is 388 g/mol. The molecule has 4 nitrogen and oxygen atoms in total. The van der Waals surface area contributed by atoms with Crippen LogP contribution in [0.1, 0.15) is 92.4 Å². The van der Waals surface area contributed by atoms with Crippen LogP contribution in [0.3, 0.4) is 0 Å². The van der Waals surface area contributed by atoms with Gasteiger partial charge in [-0.1, -0.05) is 60.3 Å². The van der Waals surface area contributed by atoms with Crippen LogP contribution in [0, 0.1) is 34.5 Å². The van der Waals surface area contributed by atoms with Crippen LogP contribution >= 0.6 is 7.82 Å². The summed E-state index contributed by atoms with van der Waals surface area (Å²) in [7, 11) is -4.36. The number of phosphoric acid groups is 1. The van der Waals surface area contributed by atoms with E-state index < -0.39 is 7.82 Å². The Kier molecular flexibility index (Phi) is 7.44. The Morgan fingerprint density at radius 2 is 1.81 bits per heavy atom. The number of hydrogen-bond donors (Lipinski definition) is 2. The van der Waals surface area contributed by atoms with Crippen LogP contribution in [0.4, 0.5) is 0 Å². The first kappa shape index (κ1) is 22.4. The first-order valence-corrected chi connectivity index (χ1v) is 12.2. The van der Waals surface area contributed by atoms with Crippen molar-refractivity contribution in [3.8, 4) is 0 Å². The second-order valence-corrected chi connectivity index (χ2v) is 11.4. The van der Waals surface area contributed by atoms with Gasteiger partial charge < -0.3 is 9.79 Å². The van der Waals surface area contributed by atoms with Crippen molar-refractivity contribution in [3.63, 3.8) is 0 Å². The van der Waals surface area contributed by atoms with Crippen molar-refractivity contribution < 1.29 is 18.9 Å². The SMILES string of the molecule is CC(C)CCC[C@@H](C)[C@H]1CCC2[C@@](C)(CCOP(=O)(O)O)CCC[C@@]21C. The van der Waals surface area contributed by atoms with Gasteiger partial charge in [0, 0.05) is 0 Å². The van der Waals surface area contributed by atoms with Gasteiger partial charge in [0.15, 0.2) is 0 Å². The summed E-state index contributed by atoms with van der Waals surface area (Å²) in [5.41, 5.74) is 0.529. The number of phosphoric ester groups is 1. The Morgan fingerprint density at radius 3 is 2.42 bits per heavy atom. The first-order valence-electron chi connectivity index (χ1n) is 10.7. The lowest BCUT2D eigenvalue weighted by atomic mass is 9.53. The van der Waals surface area contributed by atoms with E-state index in [1.165, 1.54) is 44.9 Å². The quantitative estimate of drug-likeness (QED) is 0.463. The lowest BCUT2D eigenvalue weighted by Crippen LogP contribution is -2.44. The van der Waals surface area contributed by atoms with Gasteiger partial charge in [-0.2, -0.15) is 0 Å². The van der Waals surface area contributed by atoms with Crippen molar-refractivity contribution in [2.75, 3.05) is 6.61 Å². The molecule has 0 heterocycles. The molecule has 0 spiro atoms.